The SMILES string of the molecule is C(=CC1CNC1)c1ccc2cccnc2n1. The van der Waals surface area contributed by atoms with Gasteiger partial charge in [0.25, 0.3) is 0 Å². The van der Waals surface area contributed by atoms with E-state index in [-0.39, 0.29) is 0 Å². The molecule has 0 amide bonds. The van der Waals surface area contributed by atoms with E-state index in [9.17, 15) is 0 Å². The molecule has 3 rings (SSSR count). The summed E-state index contributed by atoms with van der Waals surface area (Å²) < 4.78 is 0. The monoisotopic (exact) mass is 211 g/mol. The Bertz CT molecular complexity index is 529. The highest BCUT2D eigenvalue weighted by Gasteiger charge is 2.12. The Balaban J connectivity index is 1.89. The highest BCUT2D eigenvalue weighted by atomic mass is 14.9. The van der Waals surface area contributed by atoms with Gasteiger partial charge in [-0.15, -0.1) is 0 Å². The van der Waals surface area contributed by atoms with Crippen molar-refractivity contribution >= 4 is 17.1 Å². The Labute approximate surface area is 94.2 Å². The molecule has 0 spiro atoms. The summed E-state index contributed by atoms with van der Waals surface area (Å²) in [5.41, 5.74) is 1.80. The summed E-state index contributed by atoms with van der Waals surface area (Å²) in [6, 6.07) is 8.05. The minimum atomic E-state index is 0.668. The van der Waals surface area contributed by atoms with E-state index >= 15 is 0 Å². The summed E-state index contributed by atoms with van der Waals surface area (Å²) in [5.74, 6) is 0.668. The predicted octanol–water partition coefficient (Wildman–Crippen LogP) is 1.86. The van der Waals surface area contributed by atoms with Crippen LogP contribution in [-0.4, -0.2) is 23.1 Å². The van der Waals surface area contributed by atoms with E-state index in [2.05, 4.69) is 33.5 Å². The van der Waals surface area contributed by atoms with Crippen LogP contribution in [0.25, 0.3) is 17.1 Å². The van der Waals surface area contributed by atoms with Crippen molar-refractivity contribution in [3.05, 3.63) is 42.2 Å². The van der Waals surface area contributed by atoms with E-state index in [0.717, 1.165) is 29.8 Å². The zero-order valence-electron chi connectivity index (χ0n) is 8.93. The van der Waals surface area contributed by atoms with Gasteiger partial charge < -0.3 is 5.32 Å². The maximum atomic E-state index is 4.49. The first-order valence-corrected chi connectivity index (χ1v) is 5.52. The fourth-order valence-electron chi connectivity index (χ4n) is 1.74. The third-order valence-corrected chi connectivity index (χ3v) is 2.84. The Morgan fingerprint density at radius 2 is 2.19 bits per heavy atom. The highest BCUT2D eigenvalue weighted by molar-refractivity contribution is 5.75. The van der Waals surface area contributed by atoms with Gasteiger partial charge >= 0.3 is 0 Å². The topological polar surface area (TPSA) is 37.8 Å². The van der Waals surface area contributed by atoms with Crippen molar-refractivity contribution in [3.63, 3.8) is 0 Å². The molecule has 1 fully saturated rings. The zero-order valence-corrected chi connectivity index (χ0v) is 8.93. The highest BCUT2D eigenvalue weighted by Crippen LogP contribution is 2.12. The number of fused-ring (bicyclic) bond motifs is 1. The maximum absolute atomic E-state index is 4.49. The predicted molar refractivity (Wildman–Crippen MR) is 64.9 cm³/mol. The Morgan fingerprint density at radius 3 is 3.00 bits per heavy atom. The molecule has 1 saturated heterocycles. The molecule has 0 aliphatic carbocycles. The van der Waals surface area contributed by atoms with Gasteiger partial charge in [-0.3, -0.25) is 0 Å². The van der Waals surface area contributed by atoms with Crippen molar-refractivity contribution in [2.24, 2.45) is 5.92 Å². The lowest BCUT2D eigenvalue weighted by Gasteiger charge is -2.23. The van der Waals surface area contributed by atoms with Gasteiger partial charge in [-0.1, -0.05) is 6.08 Å². The summed E-state index contributed by atoms with van der Waals surface area (Å²) in [4.78, 5) is 8.73. The summed E-state index contributed by atoms with van der Waals surface area (Å²) in [6.45, 7) is 2.17. The molecule has 0 aromatic carbocycles. The molecule has 1 aliphatic rings. The van der Waals surface area contributed by atoms with Gasteiger partial charge in [-0.05, 0) is 30.3 Å². The normalized spacial score (nSPS) is 16.8. The lowest BCUT2D eigenvalue weighted by Crippen LogP contribution is -2.40. The van der Waals surface area contributed by atoms with Crippen molar-refractivity contribution in [2.75, 3.05) is 13.1 Å². The molecule has 0 unspecified atom stereocenters. The minimum Gasteiger partial charge on any atom is -0.315 e. The lowest BCUT2D eigenvalue weighted by molar-refractivity contribution is 0.420. The van der Waals surface area contributed by atoms with Crippen molar-refractivity contribution in [1.82, 2.24) is 15.3 Å². The van der Waals surface area contributed by atoms with E-state index in [1.807, 2.05) is 18.2 Å². The smallest absolute Gasteiger partial charge is 0.159 e. The standard InChI is InChI=1S/C13H13N3/c1-2-11-4-6-12(16-13(11)15-7-1)5-3-10-8-14-9-10/h1-7,10,14H,8-9H2. The van der Waals surface area contributed by atoms with E-state index in [1.165, 1.54) is 0 Å². The molecule has 2 aromatic heterocycles. The van der Waals surface area contributed by atoms with Crippen LogP contribution in [0.15, 0.2) is 36.5 Å². The third kappa shape index (κ3) is 1.82. The summed E-state index contributed by atoms with van der Waals surface area (Å²) >= 11 is 0. The molecule has 0 saturated carbocycles. The van der Waals surface area contributed by atoms with Crippen LogP contribution in [-0.2, 0) is 0 Å². The molecule has 1 aliphatic heterocycles. The van der Waals surface area contributed by atoms with Crippen molar-refractivity contribution in [1.29, 1.82) is 0 Å². The van der Waals surface area contributed by atoms with Gasteiger partial charge in [0, 0.05) is 30.6 Å². The largest absolute Gasteiger partial charge is 0.315 e. The van der Waals surface area contributed by atoms with Crippen molar-refractivity contribution < 1.29 is 0 Å². The van der Waals surface area contributed by atoms with Gasteiger partial charge in [-0.2, -0.15) is 0 Å². The van der Waals surface area contributed by atoms with Gasteiger partial charge in [0.2, 0.25) is 0 Å². The van der Waals surface area contributed by atoms with Crippen LogP contribution in [0.5, 0.6) is 0 Å². The second-order valence-electron chi connectivity index (χ2n) is 4.06. The first kappa shape index (κ1) is 9.48. The van der Waals surface area contributed by atoms with E-state index in [0.29, 0.717) is 5.92 Å². The van der Waals surface area contributed by atoms with Gasteiger partial charge in [-0.25, -0.2) is 9.97 Å². The van der Waals surface area contributed by atoms with Crippen LogP contribution < -0.4 is 5.32 Å². The maximum Gasteiger partial charge on any atom is 0.159 e. The van der Waals surface area contributed by atoms with Crippen LogP contribution in [0.1, 0.15) is 5.69 Å². The Morgan fingerprint density at radius 1 is 1.25 bits per heavy atom. The number of rotatable bonds is 2. The number of pyridine rings is 2. The summed E-state index contributed by atoms with van der Waals surface area (Å²) in [5, 5.41) is 4.33. The molecule has 3 heteroatoms. The first-order valence-electron chi connectivity index (χ1n) is 5.52. The molecule has 0 radical (unpaired) electrons. The number of nitrogens with one attached hydrogen (secondary N) is 1. The average Bonchev–Trinajstić information content (AvgIpc) is 2.27. The number of hydrogen-bond donors (Lipinski definition) is 1. The summed E-state index contributed by atoms with van der Waals surface area (Å²) in [6.07, 6.45) is 6.08. The van der Waals surface area contributed by atoms with E-state index in [1.54, 1.807) is 6.20 Å². The van der Waals surface area contributed by atoms with Gasteiger partial charge in [0.1, 0.15) is 0 Å². The second kappa shape index (κ2) is 4.02. The van der Waals surface area contributed by atoms with Crippen molar-refractivity contribution in [3.8, 4) is 0 Å². The van der Waals surface area contributed by atoms with Crippen LogP contribution in [0.3, 0.4) is 0 Å². The molecule has 16 heavy (non-hydrogen) atoms. The quantitative estimate of drug-likeness (QED) is 0.824. The van der Waals surface area contributed by atoms with Crippen LogP contribution in [0.4, 0.5) is 0 Å². The second-order valence-corrected chi connectivity index (χ2v) is 4.06. The number of aromatic nitrogens is 2. The molecule has 3 nitrogen and oxygen atoms in total. The van der Waals surface area contributed by atoms with E-state index < -0.39 is 0 Å². The molecule has 1 N–H and O–H groups in total. The van der Waals surface area contributed by atoms with Crippen LogP contribution >= 0.6 is 0 Å². The lowest BCUT2D eigenvalue weighted by atomic mass is 10.0. The first-order chi connectivity index (χ1) is 7.92. The Kier molecular flexibility index (Phi) is 2.38. The fourth-order valence-corrected chi connectivity index (χ4v) is 1.74. The van der Waals surface area contributed by atoms with Gasteiger partial charge in [0.15, 0.2) is 5.65 Å². The van der Waals surface area contributed by atoms with Crippen LogP contribution in [0, 0.1) is 5.92 Å². The van der Waals surface area contributed by atoms with E-state index in [4.69, 9.17) is 0 Å². The molecule has 80 valence electrons. The van der Waals surface area contributed by atoms with Gasteiger partial charge in [0.05, 0.1) is 5.69 Å². The number of hydrogen-bond acceptors (Lipinski definition) is 3. The fraction of sp³-hybridized carbons (Fsp3) is 0.231. The zero-order chi connectivity index (χ0) is 10.8. The number of nitrogens with zero attached hydrogens (tertiary/aromatic N) is 2. The summed E-state index contributed by atoms with van der Waals surface area (Å²) in [7, 11) is 0. The average molecular weight is 211 g/mol. The molecule has 3 heterocycles. The molecule has 0 atom stereocenters. The van der Waals surface area contributed by atoms with Crippen LogP contribution in [0.2, 0.25) is 0 Å². The molecule has 0 bridgehead atoms. The Hall–Kier alpha value is -1.74. The molecular formula is C13H13N3. The molecule has 2 aromatic rings. The van der Waals surface area contributed by atoms with Crippen molar-refractivity contribution in [2.45, 2.75) is 0 Å². The molecular weight excluding hydrogens is 198 g/mol. The third-order valence-electron chi connectivity index (χ3n) is 2.84. The minimum absolute atomic E-state index is 0.668.